The quantitative estimate of drug-likeness (QED) is 0.895. The van der Waals surface area contributed by atoms with Gasteiger partial charge >= 0.3 is 0 Å². The van der Waals surface area contributed by atoms with Crippen molar-refractivity contribution in [3.8, 4) is 0 Å². The molecule has 1 aromatic rings. The maximum absolute atomic E-state index is 13.0. The van der Waals surface area contributed by atoms with E-state index < -0.39 is 24.9 Å². The molecule has 1 amide bonds. The molecular formula is C15H21ClF2N2O. The first kappa shape index (κ1) is 17.9. The summed E-state index contributed by atoms with van der Waals surface area (Å²) in [6, 6.07) is 5.46. The van der Waals surface area contributed by atoms with Gasteiger partial charge < -0.3 is 5.32 Å². The Morgan fingerprint density at radius 3 is 2.48 bits per heavy atom. The molecule has 1 aliphatic heterocycles. The minimum Gasteiger partial charge on any atom is -0.354 e. The standard InChI is InChI=1S/C15H20F2N2O.ClH/c1-10-5-11(2)7-12(6-10)3-4-18-14(20)13-8-15(16,17)9-19-13;/h5-7,13,19H,3-4,8-9H2,1-2H3,(H,18,20);1H. The highest BCUT2D eigenvalue weighted by atomic mass is 35.5. The van der Waals surface area contributed by atoms with Crippen LogP contribution in [0.25, 0.3) is 0 Å². The van der Waals surface area contributed by atoms with E-state index >= 15 is 0 Å². The van der Waals surface area contributed by atoms with Gasteiger partial charge in [-0.2, -0.15) is 0 Å². The number of aryl methyl sites for hydroxylation is 2. The van der Waals surface area contributed by atoms with Crippen molar-refractivity contribution < 1.29 is 13.6 Å². The lowest BCUT2D eigenvalue weighted by molar-refractivity contribution is -0.123. The Balaban J connectivity index is 0.00000220. The summed E-state index contributed by atoms with van der Waals surface area (Å²) in [5, 5.41) is 5.27. The zero-order valence-corrected chi connectivity index (χ0v) is 13.0. The molecule has 0 aliphatic carbocycles. The van der Waals surface area contributed by atoms with Crippen molar-refractivity contribution in [1.29, 1.82) is 0 Å². The normalized spacial score (nSPS) is 19.9. The van der Waals surface area contributed by atoms with Gasteiger partial charge in [-0.1, -0.05) is 29.3 Å². The molecule has 1 atom stereocenters. The molecule has 1 fully saturated rings. The van der Waals surface area contributed by atoms with Crippen LogP contribution in [0.15, 0.2) is 18.2 Å². The van der Waals surface area contributed by atoms with Gasteiger partial charge in [0.2, 0.25) is 5.91 Å². The average molecular weight is 319 g/mol. The molecule has 1 heterocycles. The van der Waals surface area contributed by atoms with E-state index in [-0.39, 0.29) is 18.3 Å². The Hall–Kier alpha value is -1.20. The topological polar surface area (TPSA) is 41.1 Å². The molecule has 0 saturated carbocycles. The average Bonchev–Trinajstić information content (AvgIpc) is 2.68. The number of hydrogen-bond acceptors (Lipinski definition) is 2. The second-order valence-corrected chi connectivity index (χ2v) is 5.53. The second-order valence-electron chi connectivity index (χ2n) is 5.53. The molecule has 6 heteroatoms. The van der Waals surface area contributed by atoms with Crippen LogP contribution in [0.4, 0.5) is 8.78 Å². The van der Waals surface area contributed by atoms with Crippen molar-refractivity contribution in [3.05, 3.63) is 34.9 Å². The van der Waals surface area contributed by atoms with Crippen molar-refractivity contribution in [2.75, 3.05) is 13.1 Å². The number of carbonyl (C=O) groups is 1. The third-order valence-corrected chi connectivity index (χ3v) is 3.42. The van der Waals surface area contributed by atoms with Crippen molar-refractivity contribution in [2.45, 2.75) is 38.7 Å². The Morgan fingerprint density at radius 2 is 1.95 bits per heavy atom. The van der Waals surface area contributed by atoms with Crippen LogP contribution in [-0.2, 0) is 11.2 Å². The first-order valence-electron chi connectivity index (χ1n) is 6.82. The van der Waals surface area contributed by atoms with Crippen LogP contribution in [0, 0.1) is 13.8 Å². The Kier molecular flexibility index (Phi) is 6.10. The summed E-state index contributed by atoms with van der Waals surface area (Å²) in [4.78, 5) is 11.8. The lowest BCUT2D eigenvalue weighted by Crippen LogP contribution is -2.41. The van der Waals surface area contributed by atoms with Gasteiger partial charge in [-0.3, -0.25) is 10.1 Å². The van der Waals surface area contributed by atoms with Crippen molar-refractivity contribution in [3.63, 3.8) is 0 Å². The van der Waals surface area contributed by atoms with E-state index in [1.165, 1.54) is 11.1 Å². The van der Waals surface area contributed by atoms with Gasteiger partial charge in [-0.25, -0.2) is 8.78 Å². The van der Waals surface area contributed by atoms with Crippen LogP contribution in [0.2, 0.25) is 0 Å². The van der Waals surface area contributed by atoms with E-state index in [1.807, 2.05) is 13.8 Å². The second kappa shape index (κ2) is 7.18. The van der Waals surface area contributed by atoms with Crippen LogP contribution >= 0.6 is 12.4 Å². The van der Waals surface area contributed by atoms with Gasteiger partial charge in [-0.05, 0) is 25.8 Å². The van der Waals surface area contributed by atoms with Gasteiger partial charge in [0.1, 0.15) is 0 Å². The minimum absolute atomic E-state index is 0. The predicted molar refractivity (Wildman–Crippen MR) is 81.2 cm³/mol. The molecule has 2 N–H and O–H groups in total. The van der Waals surface area contributed by atoms with Gasteiger partial charge in [0.05, 0.1) is 12.6 Å². The molecule has 0 spiro atoms. The minimum atomic E-state index is -2.77. The molecule has 118 valence electrons. The van der Waals surface area contributed by atoms with Crippen LogP contribution in [-0.4, -0.2) is 31.0 Å². The largest absolute Gasteiger partial charge is 0.354 e. The Bertz CT molecular complexity index is 488. The molecule has 3 nitrogen and oxygen atoms in total. The highest BCUT2D eigenvalue weighted by molar-refractivity contribution is 5.85. The van der Waals surface area contributed by atoms with E-state index in [0.29, 0.717) is 13.0 Å². The summed E-state index contributed by atoms with van der Waals surface area (Å²) in [6.07, 6.45) is 0.291. The summed E-state index contributed by atoms with van der Waals surface area (Å²) in [5.74, 6) is -3.11. The monoisotopic (exact) mass is 318 g/mol. The Labute approximate surface area is 129 Å². The highest BCUT2D eigenvalue weighted by Gasteiger charge is 2.42. The van der Waals surface area contributed by atoms with Crippen molar-refractivity contribution in [2.24, 2.45) is 0 Å². The van der Waals surface area contributed by atoms with Crippen LogP contribution < -0.4 is 10.6 Å². The SMILES string of the molecule is Cc1cc(C)cc(CCNC(=O)C2CC(F)(F)CN2)c1.Cl. The van der Waals surface area contributed by atoms with E-state index in [4.69, 9.17) is 0 Å². The molecule has 1 saturated heterocycles. The number of alkyl halides is 2. The summed E-state index contributed by atoms with van der Waals surface area (Å²) >= 11 is 0. The van der Waals surface area contributed by atoms with Gasteiger partial charge in [0.25, 0.3) is 5.92 Å². The summed E-state index contributed by atoms with van der Waals surface area (Å²) < 4.78 is 26.0. The first-order chi connectivity index (χ1) is 9.35. The Morgan fingerprint density at radius 1 is 1.33 bits per heavy atom. The fourth-order valence-corrected chi connectivity index (χ4v) is 2.57. The molecule has 0 radical (unpaired) electrons. The predicted octanol–water partition coefficient (Wildman–Crippen LogP) is 2.38. The molecule has 0 aromatic heterocycles. The van der Waals surface area contributed by atoms with Crippen molar-refractivity contribution in [1.82, 2.24) is 10.6 Å². The lowest BCUT2D eigenvalue weighted by Gasteiger charge is -2.11. The number of amides is 1. The number of rotatable bonds is 4. The number of carbonyl (C=O) groups excluding carboxylic acids is 1. The number of nitrogens with one attached hydrogen (secondary N) is 2. The van der Waals surface area contributed by atoms with E-state index in [0.717, 1.165) is 5.56 Å². The third-order valence-electron chi connectivity index (χ3n) is 3.42. The zero-order chi connectivity index (χ0) is 14.8. The fourth-order valence-electron chi connectivity index (χ4n) is 2.57. The smallest absolute Gasteiger partial charge is 0.262 e. The molecule has 0 bridgehead atoms. The molecule has 1 aromatic carbocycles. The maximum atomic E-state index is 13.0. The molecule has 1 aliphatic rings. The van der Waals surface area contributed by atoms with Crippen LogP contribution in [0.3, 0.4) is 0 Å². The molecule has 21 heavy (non-hydrogen) atoms. The van der Waals surface area contributed by atoms with Crippen LogP contribution in [0.1, 0.15) is 23.1 Å². The van der Waals surface area contributed by atoms with Gasteiger partial charge in [0.15, 0.2) is 0 Å². The number of halogens is 3. The highest BCUT2D eigenvalue weighted by Crippen LogP contribution is 2.24. The number of benzene rings is 1. The summed E-state index contributed by atoms with van der Waals surface area (Å²) in [5.41, 5.74) is 3.51. The molecule has 1 unspecified atom stereocenters. The van der Waals surface area contributed by atoms with Crippen LogP contribution in [0.5, 0.6) is 0 Å². The van der Waals surface area contributed by atoms with Crippen molar-refractivity contribution >= 4 is 18.3 Å². The lowest BCUT2D eigenvalue weighted by atomic mass is 10.1. The van der Waals surface area contributed by atoms with E-state index in [1.54, 1.807) is 0 Å². The first-order valence-corrected chi connectivity index (χ1v) is 6.82. The summed E-state index contributed by atoms with van der Waals surface area (Å²) in [7, 11) is 0. The van der Waals surface area contributed by atoms with Gasteiger partial charge in [-0.15, -0.1) is 12.4 Å². The zero-order valence-electron chi connectivity index (χ0n) is 12.2. The summed E-state index contributed by atoms with van der Waals surface area (Å²) in [6.45, 7) is 4.10. The molecule has 2 rings (SSSR count). The maximum Gasteiger partial charge on any atom is 0.262 e. The molecular weight excluding hydrogens is 298 g/mol. The fraction of sp³-hybridized carbons (Fsp3) is 0.533. The van der Waals surface area contributed by atoms with Gasteiger partial charge in [0, 0.05) is 13.0 Å². The third kappa shape index (κ3) is 5.25. The number of hydrogen-bond donors (Lipinski definition) is 2. The van der Waals surface area contributed by atoms with E-state index in [9.17, 15) is 13.6 Å². The van der Waals surface area contributed by atoms with E-state index in [2.05, 4.69) is 28.8 Å².